The maximum atomic E-state index is 12.6. The number of benzene rings is 1. The lowest BCUT2D eigenvalue weighted by Gasteiger charge is -2.26. The molecule has 1 aromatic carbocycles. The van der Waals surface area contributed by atoms with Crippen molar-refractivity contribution in [2.24, 2.45) is 5.73 Å². The SMILES string of the molecule is COc1cc([C@H]2C(C#N)=C(N)Oc3cc(C)[nH]c(=O)c32)cc2c1OCO2. The third kappa shape index (κ3) is 2.25. The number of aryl methyl sites for hydroxylation is 1. The van der Waals surface area contributed by atoms with Crippen molar-refractivity contribution in [2.75, 3.05) is 13.9 Å². The maximum Gasteiger partial charge on any atom is 0.256 e. The van der Waals surface area contributed by atoms with E-state index >= 15 is 0 Å². The van der Waals surface area contributed by atoms with Crippen LogP contribution in [0.15, 0.2) is 34.4 Å². The topological polar surface area (TPSA) is 120 Å². The van der Waals surface area contributed by atoms with Gasteiger partial charge in [0.1, 0.15) is 17.4 Å². The Morgan fingerprint density at radius 3 is 2.85 bits per heavy atom. The van der Waals surface area contributed by atoms with E-state index in [0.717, 1.165) is 0 Å². The molecule has 132 valence electrons. The van der Waals surface area contributed by atoms with E-state index in [-0.39, 0.29) is 23.8 Å². The van der Waals surface area contributed by atoms with Crippen molar-refractivity contribution in [1.29, 1.82) is 5.26 Å². The van der Waals surface area contributed by atoms with Crippen molar-refractivity contribution in [3.8, 4) is 29.1 Å². The molecule has 1 aromatic heterocycles. The lowest BCUT2D eigenvalue weighted by molar-refractivity contribution is 0.171. The Morgan fingerprint density at radius 2 is 2.12 bits per heavy atom. The van der Waals surface area contributed by atoms with Crippen molar-refractivity contribution < 1.29 is 18.9 Å². The number of methoxy groups -OCH3 is 1. The third-order valence-electron chi connectivity index (χ3n) is 4.37. The van der Waals surface area contributed by atoms with E-state index in [9.17, 15) is 10.1 Å². The van der Waals surface area contributed by atoms with Crippen LogP contribution in [0.1, 0.15) is 22.7 Å². The number of aromatic nitrogens is 1. The number of nitrogens with two attached hydrogens (primary N) is 1. The van der Waals surface area contributed by atoms with Gasteiger partial charge in [0, 0.05) is 11.8 Å². The number of nitrogens with one attached hydrogen (secondary N) is 1. The van der Waals surface area contributed by atoms with Gasteiger partial charge < -0.3 is 29.7 Å². The summed E-state index contributed by atoms with van der Waals surface area (Å²) in [5.74, 6) is 0.985. The summed E-state index contributed by atoms with van der Waals surface area (Å²) in [6.45, 7) is 1.81. The van der Waals surface area contributed by atoms with Crippen molar-refractivity contribution in [2.45, 2.75) is 12.8 Å². The number of nitrogens with zero attached hydrogens (tertiary/aromatic N) is 1. The Labute approximate surface area is 148 Å². The maximum absolute atomic E-state index is 12.6. The molecule has 1 atom stereocenters. The number of nitriles is 1. The minimum absolute atomic E-state index is 0.0355. The number of ether oxygens (including phenoxy) is 4. The van der Waals surface area contributed by atoms with Crippen LogP contribution in [0, 0.1) is 18.3 Å². The predicted octanol–water partition coefficient (Wildman–Crippen LogP) is 1.64. The van der Waals surface area contributed by atoms with Gasteiger partial charge in [0.15, 0.2) is 11.5 Å². The number of fused-ring (bicyclic) bond motifs is 2. The molecule has 0 fully saturated rings. The molecule has 8 nitrogen and oxygen atoms in total. The minimum atomic E-state index is -0.712. The average molecular weight is 353 g/mol. The fraction of sp³-hybridized carbons (Fsp3) is 0.222. The number of hydrogen-bond acceptors (Lipinski definition) is 7. The monoisotopic (exact) mass is 353 g/mol. The first-order chi connectivity index (χ1) is 12.5. The number of hydrogen-bond donors (Lipinski definition) is 2. The second-order valence-electron chi connectivity index (χ2n) is 5.94. The van der Waals surface area contributed by atoms with Crippen LogP contribution in [-0.4, -0.2) is 18.9 Å². The van der Waals surface area contributed by atoms with Crippen molar-refractivity contribution in [1.82, 2.24) is 4.98 Å². The molecule has 0 amide bonds. The Balaban J connectivity index is 1.99. The van der Waals surface area contributed by atoms with E-state index in [0.29, 0.717) is 39.8 Å². The highest BCUT2D eigenvalue weighted by Gasteiger charge is 2.35. The molecule has 8 heteroatoms. The van der Waals surface area contributed by atoms with Crippen LogP contribution in [-0.2, 0) is 0 Å². The summed E-state index contributed by atoms with van der Waals surface area (Å²) in [5, 5.41) is 9.62. The van der Waals surface area contributed by atoms with Crippen LogP contribution in [0.5, 0.6) is 23.0 Å². The lowest BCUT2D eigenvalue weighted by Crippen LogP contribution is -2.28. The highest BCUT2D eigenvalue weighted by molar-refractivity contribution is 5.61. The molecule has 3 heterocycles. The van der Waals surface area contributed by atoms with Crippen LogP contribution in [0.2, 0.25) is 0 Å². The molecule has 0 spiro atoms. The van der Waals surface area contributed by atoms with Gasteiger partial charge in [-0.1, -0.05) is 0 Å². The number of allylic oxidation sites excluding steroid dienone is 1. The first-order valence-corrected chi connectivity index (χ1v) is 7.82. The van der Waals surface area contributed by atoms with Gasteiger partial charge in [0.05, 0.1) is 18.6 Å². The molecule has 4 rings (SSSR count). The summed E-state index contributed by atoms with van der Waals surface area (Å²) in [6.07, 6.45) is 0. The van der Waals surface area contributed by atoms with E-state index in [1.165, 1.54) is 7.11 Å². The molecule has 0 radical (unpaired) electrons. The average Bonchev–Trinajstić information content (AvgIpc) is 3.07. The number of rotatable bonds is 2. The van der Waals surface area contributed by atoms with Gasteiger partial charge in [0.25, 0.3) is 5.56 Å². The zero-order chi connectivity index (χ0) is 18.4. The summed E-state index contributed by atoms with van der Waals surface area (Å²) in [4.78, 5) is 15.4. The van der Waals surface area contributed by atoms with Crippen molar-refractivity contribution >= 4 is 0 Å². The second-order valence-corrected chi connectivity index (χ2v) is 5.94. The molecule has 3 N–H and O–H groups in total. The van der Waals surface area contributed by atoms with E-state index in [2.05, 4.69) is 11.1 Å². The zero-order valence-electron chi connectivity index (χ0n) is 14.1. The van der Waals surface area contributed by atoms with E-state index in [1.54, 1.807) is 25.1 Å². The Kier molecular flexibility index (Phi) is 3.51. The van der Waals surface area contributed by atoms with Crippen molar-refractivity contribution in [3.05, 3.63) is 56.8 Å². The summed E-state index contributed by atoms with van der Waals surface area (Å²) in [7, 11) is 1.50. The molecular formula is C18H15N3O5. The predicted molar refractivity (Wildman–Crippen MR) is 90.2 cm³/mol. The quantitative estimate of drug-likeness (QED) is 0.842. The standard InChI is InChI=1S/C18H15N3O5/c1-8-3-11-15(18(22)21-8)14(10(6-19)17(20)26-11)9-4-12(23-2)16-13(5-9)24-7-25-16/h3-5,14H,7,20H2,1-2H3,(H,21,22)/t14-/m0/s1. The van der Waals surface area contributed by atoms with Gasteiger partial charge in [-0.2, -0.15) is 5.26 Å². The first-order valence-electron chi connectivity index (χ1n) is 7.82. The summed E-state index contributed by atoms with van der Waals surface area (Å²) >= 11 is 0. The second kappa shape index (κ2) is 5.74. The molecule has 0 unspecified atom stereocenters. The molecule has 0 bridgehead atoms. The van der Waals surface area contributed by atoms with Crippen LogP contribution < -0.4 is 30.2 Å². The van der Waals surface area contributed by atoms with Crippen LogP contribution in [0.3, 0.4) is 0 Å². The van der Waals surface area contributed by atoms with Gasteiger partial charge >= 0.3 is 0 Å². The zero-order valence-corrected chi connectivity index (χ0v) is 14.1. The van der Waals surface area contributed by atoms with Gasteiger partial charge in [-0.3, -0.25) is 4.79 Å². The Hall–Kier alpha value is -3.60. The van der Waals surface area contributed by atoms with E-state index in [4.69, 9.17) is 24.7 Å². The molecule has 0 saturated carbocycles. The Bertz CT molecular complexity index is 1050. The third-order valence-corrected chi connectivity index (χ3v) is 4.37. The molecule has 2 aliphatic rings. The molecular weight excluding hydrogens is 338 g/mol. The smallest absolute Gasteiger partial charge is 0.256 e. The first kappa shape index (κ1) is 15.9. The largest absolute Gasteiger partial charge is 0.493 e. The minimum Gasteiger partial charge on any atom is -0.493 e. The highest BCUT2D eigenvalue weighted by Crippen LogP contribution is 2.47. The van der Waals surface area contributed by atoms with Crippen LogP contribution in [0.4, 0.5) is 0 Å². The Morgan fingerprint density at radius 1 is 1.31 bits per heavy atom. The molecule has 2 aliphatic heterocycles. The highest BCUT2D eigenvalue weighted by atomic mass is 16.7. The lowest BCUT2D eigenvalue weighted by atomic mass is 9.84. The fourth-order valence-corrected chi connectivity index (χ4v) is 3.26. The van der Waals surface area contributed by atoms with E-state index in [1.807, 2.05) is 0 Å². The summed E-state index contributed by atoms with van der Waals surface area (Å²) in [6, 6.07) is 7.15. The van der Waals surface area contributed by atoms with Crippen molar-refractivity contribution in [3.63, 3.8) is 0 Å². The normalized spacial score (nSPS) is 17.3. The van der Waals surface area contributed by atoms with Gasteiger partial charge in [-0.05, 0) is 24.6 Å². The number of H-pyrrole nitrogens is 1. The molecule has 0 aliphatic carbocycles. The summed E-state index contributed by atoms with van der Waals surface area (Å²) < 4.78 is 21.8. The number of pyridine rings is 1. The van der Waals surface area contributed by atoms with Gasteiger partial charge in [-0.15, -0.1) is 0 Å². The van der Waals surface area contributed by atoms with Gasteiger partial charge in [0.2, 0.25) is 18.4 Å². The van der Waals surface area contributed by atoms with Crippen LogP contribution in [0.25, 0.3) is 0 Å². The molecule has 0 saturated heterocycles. The molecule has 2 aromatic rings. The number of aromatic amines is 1. The van der Waals surface area contributed by atoms with E-state index < -0.39 is 5.92 Å². The summed E-state index contributed by atoms with van der Waals surface area (Å²) in [5.41, 5.74) is 7.30. The van der Waals surface area contributed by atoms with Crippen LogP contribution >= 0.6 is 0 Å². The fourth-order valence-electron chi connectivity index (χ4n) is 3.26. The van der Waals surface area contributed by atoms with Gasteiger partial charge in [-0.25, -0.2) is 0 Å². The molecule has 26 heavy (non-hydrogen) atoms.